The monoisotopic (exact) mass is 191 g/mol. The van der Waals surface area contributed by atoms with Crippen LogP contribution in [0.25, 0.3) is 0 Å². The first kappa shape index (κ1) is 9.62. The Labute approximate surface area is 84.9 Å². The zero-order chi connectivity index (χ0) is 9.64. The van der Waals surface area contributed by atoms with E-state index in [1.54, 1.807) is 0 Å². The molecule has 1 aromatic rings. The van der Waals surface area contributed by atoms with Crippen molar-refractivity contribution in [1.82, 2.24) is 15.6 Å². The summed E-state index contributed by atoms with van der Waals surface area (Å²) in [5.41, 5.74) is 1.30. The molecule has 1 aliphatic rings. The van der Waals surface area contributed by atoms with Gasteiger partial charge in [0, 0.05) is 31.5 Å². The van der Waals surface area contributed by atoms with Gasteiger partial charge in [-0.1, -0.05) is 0 Å². The average molecular weight is 191 g/mol. The van der Waals surface area contributed by atoms with Crippen LogP contribution in [0.1, 0.15) is 18.4 Å². The maximum Gasteiger partial charge on any atom is 0.0271 e. The molecule has 1 saturated heterocycles. The van der Waals surface area contributed by atoms with Crippen molar-refractivity contribution in [3.8, 4) is 0 Å². The quantitative estimate of drug-likeness (QED) is 0.743. The van der Waals surface area contributed by atoms with Crippen molar-refractivity contribution in [3.63, 3.8) is 0 Å². The van der Waals surface area contributed by atoms with E-state index in [2.05, 4.69) is 27.8 Å². The number of hydrogen-bond donors (Lipinski definition) is 2. The zero-order valence-corrected chi connectivity index (χ0v) is 8.37. The van der Waals surface area contributed by atoms with Crippen LogP contribution < -0.4 is 10.6 Å². The van der Waals surface area contributed by atoms with Crippen molar-refractivity contribution in [2.45, 2.75) is 25.4 Å². The first-order valence-electron chi connectivity index (χ1n) is 5.28. The maximum absolute atomic E-state index is 3.99. The molecule has 2 rings (SSSR count). The van der Waals surface area contributed by atoms with Crippen LogP contribution in [0, 0.1) is 0 Å². The summed E-state index contributed by atoms with van der Waals surface area (Å²) in [6.07, 6.45) is 6.31. The van der Waals surface area contributed by atoms with Crippen molar-refractivity contribution in [2.24, 2.45) is 0 Å². The standard InChI is InChI=1S/C11H17N3/c1-2-11(14-5-1)9-13-8-10-3-6-12-7-4-10/h3-4,6-7,11,13-14H,1-2,5,8-9H2. The molecule has 14 heavy (non-hydrogen) atoms. The fourth-order valence-corrected chi connectivity index (χ4v) is 1.82. The SMILES string of the molecule is c1cc(CNCC2CCCN2)ccn1. The van der Waals surface area contributed by atoms with Crippen LogP contribution in [0.5, 0.6) is 0 Å². The molecular weight excluding hydrogens is 174 g/mol. The van der Waals surface area contributed by atoms with Gasteiger partial charge in [-0.2, -0.15) is 0 Å². The van der Waals surface area contributed by atoms with Crippen molar-refractivity contribution >= 4 is 0 Å². The van der Waals surface area contributed by atoms with Crippen molar-refractivity contribution in [3.05, 3.63) is 30.1 Å². The highest BCUT2D eigenvalue weighted by atomic mass is 15.0. The minimum atomic E-state index is 0.678. The smallest absolute Gasteiger partial charge is 0.0271 e. The van der Waals surface area contributed by atoms with Gasteiger partial charge in [0.15, 0.2) is 0 Å². The van der Waals surface area contributed by atoms with Gasteiger partial charge >= 0.3 is 0 Å². The molecule has 0 saturated carbocycles. The summed E-state index contributed by atoms with van der Waals surface area (Å²) >= 11 is 0. The van der Waals surface area contributed by atoms with E-state index in [0.717, 1.165) is 13.1 Å². The fourth-order valence-electron chi connectivity index (χ4n) is 1.82. The molecular formula is C11H17N3. The van der Waals surface area contributed by atoms with Crippen LogP contribution in [0.15, 0.2) is 24.5 Å². The fraction of sp³-hybridized carbons (Fsp3) is 0.545. The summed E-state index contributed by atoms with van der Waals surface area (Å²) in [6, 6.07) is 4.78. The van der Waals surface area contributed by atoms with Gasteiger partial charge in [0.1, 0.15) is 0 Å². The minimum absolute atomic E-state index is 0.678. The third-order valence-electron chi connectivity index (χ3n) is 2.63. The average Bonchev–Trinajstić information content (AvgIpc) is 2.72. The molecule has 1 aliphatic heterocycles. The van der Waals surface area contributed by atoms with Crippen LogP contribution in [-0.4, -0.2) is 24.1 Å². The molecule has 2 N–H and O–H groups in total. The normalized spacial score (nSPS) is 21.3. The highest BCUT2D eigenvalue weighted by Gasteiger charge is 2.12. The highest BCUT2D eigenvalue weighted by Crippen LogP contribution is 2.03. The third-order valence-corrected chi connectivity index (χ3v) is 2.63. The van der Waals surface area contributed by atoms with E-state index in [0.29, 0.717) is 6.04 Å². The summed E-state index contributed by atoms with van der Waals surface area (Å²) in [5.74, 6) is 0. The lowest BCUT2D eigenvalue weighted by atomic mass is 10.2. The Kier molecular flexibility index (Phi) is 3.49. The summed E-state index contributed by atoms with van der Waals surface area (Å²) in [6.45, 7) is 3.20. The van der Waals surface area contributed by atoms with Gasteiger partial charge in [0.05, 0.1) is 0 Å². The number of rotatable bonds is 4. The Morgan fingerprint density at radius 2 is 2.29 bits per heavy atom. The number of nitrogens with zero attached hydrogens (tertiary/aromatic N) is 1. The molecule has 1 atom stereocenters. The van der Waals surface area contributed by atoms with E-state index in [1.165, 1.54) is 24.9 Å². The second-order valence-electron chi connectivity index (χ2n) is 3.78. The van der Waals surface area contributed by atoms with Crippen molar-refractivity contribution < 1.29 is 0 Å². The summed E-state index contributed by atoms with van der Waals surface area (Å²) in [5, 5.41) is 6.92. The Morgan fingerprint density at radius 3 is 3.00 bits per heavy atom. The largest absolute Gasteiger partial charge is 0.313 e. The van der Waals surface area contributed by atoms with Gasteiger partial charge in [-0.15, -0.1) is 0 Å². The molecule has 2 heterocycles. The highest BCUT2D eigenvalue weighted by molar-refractivity contribution is 5.09. The van der Waals surface area contributed by atoms with Gasteiger partial charge < -0.3 is 10.6 Å². The van der Waals surface area contributed by atoms with Crippen molar-refractivity contribution in [1.29, 1.82) is 0 Å². The molecule has 0 amide bonds. The molecule has 76 valence electrons. The van der Waals surface area contributed by atoms with E-state index in [4.69, 9.17) is 0 Å². The predicted octanol–water partition coefficient (Wildman–Crippen LogP) is 0.923. The first-order valence-corrected chi connectivity index (χ1v) is 5.28. The predicted molar refractivity (Wildman–Crippen MR) is 57.0 cm³/mol. The van der Waals surface area contributed by atoms with Gasteiger partial charge in [0.25, 0.3) is 0 Å². The molecule has 0 radical (unpaired) electrons. The van der Waals surface area contributed by atoms with Crippen LogP contribution in [0.2, 0.25) is 0 Å². The number of aromatic nitrogens is 1. The third kappa shape index (κ3) is 2.79. The van der Waals surface area contributed by atoms with Crippen LogP contribution in [0.4, 0.5) is 0 Å². The molecule has 0 aromatic carbocycles. The molecule has 1 fully saturated rings. The Balaban J connectivity index is 1.67. The topological polar surface area (TPSA) is 37.0 Å². The van der Waals surface area contributed by atoms with E-state index in [1.807, 2.05) is 12.4 Å². The van der Waals surface area contributed by atoms with Crippen LogP contribution in [0.3, 0.4) is 0 Å². The molecule has 1 aromatic heterocycles. The first-order chi connectivity index (χ1) is 6.95. The second-order valence-corrected chi connectivity index (χ2v) is 3.78. The summed E-state index contributed by atoms with van der Waals surface area (Å²) < 4.78 is 0. The van der Waals surface area contributed by atoms with E-state index < -0.39 is 0 Å². The Morgan fingerprint density at radius 1 is 1.43 bits per heavy atom. The van der Waals surface area contributed by atoms with E-state index >= 15 is 0 Å². The molecule has 0 bridgehead atoms. The second kappa shape index (κ2) is 5.08. The Bertz CT molecular complexity index is 254. The molecule has 0 spiro atoms. The molecule has 3 nitrogen and oxygen atoms in total. The summed E-state index contributed by atoms with van der Waals surface area (Å²) in [7, 11) is 0. The minimum Gasteiger partial charge on any atom is -0.313 e. The van der Waals surface area contributed by atoms with Gasteiger partial charge in [-0.25, -0.2) is 0 Å². The van der Waals surface area contributed by atoms with Gasteiger partial charge in [0.2, 0.25) is 0 Å². The number of hydrogen-bond acceptors (Lipinski definition) is 3. The lowest BCUT2D eigenvalue weighted by Gasteiger charge is -2.11. The molecule has 3 heteroatoms. The lowest BCUT2D eigenvalue weighted by Crippen LogP contribution is -2.33. The van der Waals surface area contributed by atoms with Crippen LogP contribution in [-0.2, 0) is 6.54 Å². The number of pyridine rings is 1. The zero-order valence-electron chi connectivity index (χ0n) is 8.37. The molecule has 1 unspecified atom stereocenters. The maximum atomic E-state index is 3.99. The summed E-state index contributed by atoms with van der Waals surface area (Å²) in [4.78, 5) is 3.99. The van der Waals surface area contributed by atoms with Gasteiger partial charge in [-0.05, 0) is 37.1 Å². The van der Waals surface area contributed by atoms with Crippen molar-refractivity contribution in [2.75, 3.05) is 13.1 Å². The van der Waals surface area contributed by atoms with E-state index in [-0.39, 0.29) is 0 Å². The van der Waals surface area contributed by atoms with Gasteiger partial charge in [-0.3, -0.25) is 4.98 Å². The Hall–Kier alpha value is -0.930. The molecule has 0 aliphatic carbocycles. The number of nitrogens with one attached hydrogen (secondary N) is 2. The lowest BCUT2D eigenvalue weighted by molar-refractivity contribution is 0.535. The van der Waals surface area contributed by atoms with E-state index in [9.17, 15) is 0 Å². The van der Waals surface area contributed by atoms with Crippen LogP contribution >= 0.6 is 0 Å².